The van der Waals surface area contributed by atoms with Gasteiger partial charge >= 0.3 is 11.9 Å². The maximum Gasteiger partial charge on any atom is 0.310 e. The smallest absolute Gasteiger partial charge is 0.310 e. The van der Waals surface area contributed by atoms with E-state index in [0.717, 1.165) is 109 Å². The fourth-order valence-electron chi connectivity index (χ4n) is 5.51. The minimum atomic E-state index is -0.668. The van der Waals surface area contributed by atoms with Crippen LogP contribution in [-0.2, 0) is 23.8 Å². The van der Waals surface area contributed by atoms with Crippen LogP contribution >= 0.6 is 0 Å². The maximum atomic E-state index is 12.7. The van der Waals surface area contributed by atoms with Gasteiger partial charge in [-0.15, -0.1) is 0 Å². The second kappa shape index (κ2) is 52.3. The van der Waals surface area contributed by atoms with E-state index in [9.17, 15) is 9.59 Å². The molecular weight excluding hydrogens is 789 g/mol. The molecule has 0 bridgehead atoms. The predicted octanol–water partition coefficient (Wildman–Crippen LogP) is 16.7. The Kier molecular flexibility index (Phi) is 48.3. The zero-order valence-electron chi connectivity index (χ0n) is 40.2. The minimum absolute atomic E-state index is 0.0282. The lowest BCUT2D eigenvalue weighted by molar-refractivity contribution is -0.162. The molecule has 0 saturated carbocycles. The van der Waals surface area contributed by atoms with Crippen LogP contribution in [0.4, 0.5) is 0 Å². The van der Waals surface area contributed by atoms with Gasteiger partial charge in [0, 0.05) is 6.42 Å². The molecule has 0 aliphatic rings. The second-order valence-corrected chi connectivity index (χ2v) is 14.9. The Bertz CT molecular complexity index is 1550. The summed E-state index contributed by atoms with van der Waals surface area (Å²) in [5.74, 6) is -0.674. The first-order chi connectivity index (χ1) is 31.6. The van der Waals surface area contributed by atoms with E-state index in [2.05, 4.69) is 191 Å². The van der Waals surface area contributed by atoms with Gasteiger partial charge in [0.1, 0.15) is 6.61 Å². The zero-order valence-corrected chi connectivity index (χ0v) is 40.2. The number of carbonyl (C=O) groups excluding carboxylic acids is 2. The topological polar surface area (TPSA) is 61.8 Å². The van der Waals surface area contributed by atoms with Gasteiger partial charge in [-0.1, -0.05) is 203 Å². The van der Waals surface area contributed by atoms with E-state index < -0.39 is 6.10 Å². The number of rotatable bonds is 41. The van der Waals surface area contributed by atoms with Crippen LogP contribution in [0.25, 0.3) is 0 Å². The van der Waals surface area contributed by atoms with Gasteiger partial charge in [0.05, 0.1) is 19.6 Å². The van der Waals surface area contributed by atoms with Crippen molar-refractivity contribution in [3.63, 3.8) is 0 Å². The standard InChI is InChI=1S/C59H86O5/c1-4-7-10-13-16-19-22-25-28-30-32-34-37-40-43-46-49-52-58(60)63-56-57(55-62-54-51-48-45-42-39-36-33-29-26-23-20-17-14-11-8-5-2)64-59(61)53-50-47-44-41-38-35-31-27-24-21-18-15-12-9-6-3/h7-12,16-21,25-29,31-32,34,36,38-41,43,45,47-48,50,57H,4-6,13-15,22-24,30,33,35,37,42,44,46,49,51-56H2,1-3H3/b10-7-,11-8-,12-9-,19-16-,20-17-,21-18-,28-25-,29-26-,31-27-,34-32-,39-36-,41-38-,43-40-,48-45-,50-47-. The first-order valence-corrected chi connectivity index (χ1v) is 24.3. The Labute approximate surface area is 391 Å². The average Bonchev–Trinajstić information content (AvgIpc) is 3.30. The molecule has 0 heterocycles. The summed E-state index contributed by atoms with van der Waals surface area (Å²) in [6, 6.07) is 0. The predicted molar refractivity (Wildman–Crippen MR) is 278 cm³/mol. The summed E-state index contributed by atoms with van der Waals surface area (Å²) in [6.07, 6.45) is 80.9. The third kappa shape index (κ3) is 49.7. The first kappa shape index (κ1) is 59.0. The molecule has 1 atom stereocenters. The fraction of sp³-hybridized carbons (Fsp3) is 0.458. The highest BCUT2D eigenvalue weighted by atomic mass is 16.6. The summed E-state index contributed by atoms with van der Waals surface area (Å²) < 4.78 is 17.1. The van der Waals surface area contributed by atoms with E-state index in [0.29, 0.717) is 19.4 Å². The van der Waals surface area contributed by atoms with Gasteiger partial charge in [0.15, 0.2) is 6.10 Å². The highest BCUT2D eigenvalue weighted by molar-refractivity contribution is 5.71. The number of esters is 2. The number of hydrogen-bond acceptors (Lipinski definition) is 5. The van der Waals surface area contributed by atoms with Crippen LogP contribution in [0.1, 0.15) is 149 Å². The molecular formula is C59H86O5. The van der Waals surface area contributed by atoms with E-state index >= 15 is 0 Å². The Morgan fingerprint density at radius 1 is 0.359 bits per heavy atom. The van der Waals surface area contributed by atoms with Crippen molar-refractivity contribution in [1.82, 2.24) is 0 Å². The van der Waals surface area contributed by atoms with Crippen molar-refractivity contribution >= 4 is 11.9 Å². The van der Waals surface area contributed by atoms with E-state index in [1.807, 2.05) is 12.2 Å². The summed E-state index contributed by atoms with van der Waals surface area (Å²) in [6.45, 7) is 7.05. The van der Waals surface area contributed by atoms with Crippen LogP contribution in [0, 0.1) is 0 Å². The van der Waals surface area contributed by atoms with Crippen molar-refractivity contribution in [3.8, 4) is 0 Å². The molecule has 0 aromatic carbocycles. The number of allylic oxidation sites excluding steroid dienone is 28. The van der Waals surface area contributed by atoms with Crippen molar-refractivity contribution in [2.75, 3.05) is 19.8 Å². The van der Waals surface area contributed by atoms with Crippen LogP contribution in [0.15, 0.2) is 182 Å². The van der Waals surface area contributed by atoms with Gasteiger partial charge in [-0.05, 0) is 116 Å². The summed E-state index contributed by atoms with van der Waals surface area (Å²) in [5.41, 5.74) is 0. The third-order valence-electron chi connectivity index (χ3n) is 8.97. The van der Waals surface area contributed by atoms with Crippen molar-refractivity contribution < 1.29 is 23.8 Å². The molecule has 0 aliphatic heterocycles. The summed E-state index contributed by atoms with van der Waals surface area (Å²) in [7, 11) is 0. The Hall–Kier alpha value is -5.00. The van der Waals surface area contributed by atoms with Crippen LogP contribution in [0.5, 0.6) is 0 Å². The zero-order chi connectivity index (χ0) is 46.3. The molecule has 0 amide bonds. The average molecular weight is 875 g/mol. The molecule has 64 heavy (non-hydrogen) atoms. The Balaban J connectivity index is 4.66. The summed E-state index contributed by atoms with van der Waals surface area (Å²) in [5, 5.41) is 0. The van der Waals surface area contributed by atoms with Crippen molar-refractivity contribution in [3.05, 3.63) is 182 Å². The molecule has 0 aromatic rings. The highest BCUT2D eigenvalue weighted by Gasteiger charge is 2.17. The molecule has 0 rings (SSSR count). The van der Waals surface area contributed by atoms with E-state index in [1.165, 1.54) is 0 Å². The van der Waals surface area contributed by atoms with Crippen molar-refractivity contribution in [1.29, 1.82) is 0 Å². The normalized spacial score (nSPS) is 13.9. The lowest BCUT2D eigenvalue weighted by Gasteiger charge is -2.18. The number of hydrogen-bond donors (Lipinski definition) is 0. The van der Waals surface area contributed by atoms with Gasteiger partial charge in [-0.25, -0.2) is 0 Å². The Morgan fingerprint density at radius 3 is 1.03 bits per heavy atom. The second-order valence-electron chi connectivity index (χ2n) is 14.9. The van der Waals surface area contributed by atoms with E-state index in [4.69, 9.17) is 14.2 Å². The molecule has 0 N–H and O–H groups in total. The Morgan fingerprint density at radius 2 is 0.672 bits per heavy atom. The third-order valence-corrected chi connectivity index (χ3v) is 8.97. The molecule has 0 spiro atoms. The van der Waals surface area contributed by atoms with Crippen LogP contribution < -0.4 is 0 Å². The van der Waals surface area contributed by atoms with E-state index in [-0.39, 0.29) is 31.6 Å². The first-order valence-electron chi connectivity index (χ1n) is 24.3. The van der Waals surface area contributed by atoms with Gasteiger partial charge in [-0.3, -0.25) is 9.59 Å². The molecule has 5 nitrogen and oxygen atoms in total. The molecule has 0 saturated heterocycles. The van der Waals surface area contributed by atoms with E-state index in [1.54, 1.807) is 0 Å². The van der Waals surface area contributed by atoms with Gasteiger partial charge in [0.25, 0.3) is 0 Å². The minimum Gasteiger partial charge on any atom is -0.462 e. The molecule has 0 aliphatic carbocycles. The fourth-order valence-corrected chi connectivity index (χ4v) is 5.51. The molecule has 0 aromatic heterocycles. The van der Waals surface area contributed by atoms with Crippen LogP contribution in [0.2, 0.25) is 0 Å². The van der Waals surface area contributed by atoms with Crippen LogP contribution in [-0.4, -0.2) is 37.9 Å². The van der Waals surface area contributed by atoms with Crippen LogP contribution in [0.3, 0.4) is 0 Å². The number of unbranched alkanes of at least 4 members (excludes halogenated alkanes) is 1. The van der Waals surface area contributed by atoms with Crippen molar-refractivity contribution in [2.45, 2.75) is 155 Å². The number of ether oxygens (including phenoxy) is 3. The van der Waals surface area contributed by atoms with Crippen molar-refractivity contribution in [2.24, 2.45) is 0 Å². The highest BCUT2D eigenvalue weighted by Crippen LogP contribution is 2.06. The van der Waals surface area contributed by atoms with Gasteiger partial charge < -0.3 is 14.2 Å². The summed E-state index contributed by atoms with van der Waals surface area (Å²) >= 11 is 0. The summed E-state index contributed by atoms with van der Waals surface area (Å²) in [4.78, 5) is 25.3. The number of carbonyl (C=O) groups is 2. The SMILES string of the molecule is CC/C=C\C/C=C\C/C=C\C/C=C\C/C=C\CCCC(=O)OCC(COCC/C=C\C/C=C\C/C=C\C/C=C\C/C=C\CC)OC(=O)C/C=C\C/C=C\C/C=C\C/C=C\C/C=C\CC. The molecule has 0 fully saturated rings. The molecule has 5 heteroatoms. The quantitative estimate of drug-likeness (QED) is 0.0348. The monoisotopic (exact) mass is 875 g/mol. The maximum absolute atomic E-state index is 12.7. The molecule has 352 valence electrons. The molecule has 0 radical (unpaired) electrons. The largest absolute Gasteiger partial charge is 0.462 e. The lowest BCUT2D eigenvalue weighted by Crippen LogP contribution is -2.29. The lowest BCUT2D eigenvalue weighted by atomic mass is 10.2. The van der Waals surface area contributed by atoms with Gasteiger partial charge in [-0.2, -0.15) is 0 Å². The molecule has 1 unspecified atom stereocenters. The van der Waals surface area contributed by atoms with Gasteiger partial charge in [0.2, 0.25) is 0 Å².